The van der Waals surface area contributed by atoms with Crippen LogP contribution in [0.2, 0.25) is 0 Å². The monoisotopic (exact) mass is 250 g/mol. The van der Waals surface area contributed by atoms with Crippen LogP contribution in [0, 0.1) is 17.8 Å². The van der Waals surface area contributed by atoms with Crippen molar-refractivity contribution in [2.75, 3.05) is 19.6 Å². The summed E-state index contributed by atoms with van der Waals surface area (Å²) in [6.07, 6.45) is 7.74. The largest absolute Gasteiger partial charge is 0.352 e. The van der Waals surface area contributed by atoms with E-state index >= 15 is 0 Å². The maximum Gasteiger partial charge on any atom is 0.223 e. The SMILES string of the molecule is CC(CN1CCCCC1)NC(=O)C1CC2CC2C1. The molecule has 3 aliphatic rings. The second-order valence-corrected chi connectivity index (χ2v) is 6.70. The minimum Gasteiger partial charge on any atom is -0.352 e. The number of carbonyl (C=O) groups excluding carboxylic acids is 1. The summed E-state index contributed by atoms with van der Waals surface area (Å²) in [4.78, 5) is 14.6. The highest BCUT2D eigenvalue weighted by Crippen LogP contribution is 2.54. The van der Waals surface area contributed by atoms with E-state index in [2.05, 4.69) is 17.1 Å². The van der Waals surface area contributed by atoms with E-state index < -0.39 is 0 Å². The molecule has 2 aliphatic carbocycles. The minimum absolute atomic E-state index is 0.313. The number of rotatable bonds is 4. The average molecular weight is 250 g/mol. The van der Waals surface area contributed by atoms with Gasteiger partial charge in [0.25, 0.3) is 0 Å². The molecule has 3 atom stereocenters. The van der Waals surface area contributed by atoms with Gasteiger partial charge >= 0.3 is 0 Å². The lowest BCUT2D eigenvalue weighted by Gasteiger charge is -2.29. The maximum absolute atomic E-state index is 12.1. The zero-order valence-corrected chi connectivity index (χ0v) is 11.5. The van der Waals surface area contributed by atoms with Crippen molar-refractivity contribution in [1.82, 2.24) is 10.2 Å². The van der Waals surface area contributed by atoms with Crippen LogP contribution in [0.25, 0.3) is 0 Å². The van der Waals surface area contributed by atoms with Gasteiger partial charge in [-0.05, 0) is 64.0 Å². The molecule has 0 aromatic heterocycles. The van der Waals surface area contributed by atoms with E-state index in [1.165, 1.54) is 38.8 Å². The third kappa shape index (κ3) is 2.87. The van der Waals surface area contributed by atoms with E-state index in [4.69, 9.17) is 0 Å². The average Bonchev–Trinajstić information content (AvgIpc) is 2.97. The molecule has 3 fully saturated rings. The summed E-state index contributed by atoms with van der Waals surface area (Å²) in [5.74, 6) is 2.46. The molecule has 1 amide bonds. The number of hydrogen-bond donors (Lipinski definition) is 1. The summed E-state index contributed by atoms with van der Waals surface area (Å²) in [6.45, 7) is 5.62. The van der Waals surface area contributed by atoms with Crippen molar-refractivity contribution < 1.29 is 4.79 Å². The molecular weight excluding hydrogens is 224 g/mol. The molecule has 18 heavy (non-hydrogen) atoms. The third-order valence-electron chi connectivity index (χ3n) is 4.98. The van der Waals surface area contributed by atoms with Gasteiger partial charge in [-0.15, -0.1) is 0 Å². The first kappa shape index (κ1) is 12.5. The predicted octanol–water partition coefficient (Wildman–Crippen LogP) is 2.02. The Morgan fingerprint density at radius 1 is 1.17 bits per heavy atom. The first-order valence-electron chi connectivity index (χ1n) is 7.75. The summed E-state index contributed by atoms with van der Waals surface area (Å²) in [7, 11) is 0. The van der Waals surface area contributed by atoms with Crippen molar-refractivity contribution in [3.8, 4) is 0 Å². The molecule has 0 aromatic carbocycles. The zero-order valence-electron chi connectivity index (χ0n) is 11.5. The number of amides is 1. The molecule has 0 aromatic rings. The molecule has 2 saturated carbocycles. The fourth-order valence-corrected chi connectivity index (χ4v) is 3.86. The molecule has 1 saturated heterocycles. The number of carbonyl (C=O) groups is 1. The molecule has 3 heteroatoms. The van der Waals surface area contributed by atoms with Crippen LogP contribution in [0.4, 0.5) is 0 Å². The van der Waals surface area contributed by atoms with Crippen LogP contribution in [0.1, 0.15) is 45.4 Å². The molecular formula is C15H26N2O. The standard InChI is InChI=1S/C15H26N2O/c1-11(10-17-5-3-2-4-6-17)16-15(18)14-8-12-7-13(12)9-14/h11-14H,2-10H2,1H3,(H,16,18). The minimum atomic E-state index is 0.313. The first-order valence-corrected chi connectivity index (χ1v) is 7.75. The number of piperidine rings is 1. The van der Waals surface area contributed by atoms with Gasteiger partial charge in [0.15, 0.2) is 0 Å². The Morgan fingerprint density at radius 3 is 2.50 bits per heavy atom. The van der Waals surface area contributed by atoms with Crippen molar-refractivity contribution >= 4 is 5.91 Å². The fraction of sp³-hybridized carbons (Fsp3) is 0.933. The van der Waals surface area contributed by atoms with E-state index in [-0.39, 0.29) is 0 Å². The summed E-state index contributed by atoms with van der Waals surface area (Å²) >= 11 is 0. The Balaban J connectivity index is 1.39. The van der Waals surface area contributed by atoms with Crippen molar-refractivity contribution in [1.29, 1.82) is 0 Å². The van der Waals surface area contributed by atoms with Gasteiger partial charge < -0.3 is 10.2 Å². The Hall–Kier alpha value is -0.570. The van der Waals surface area contributed by atoms with Gasteiger partial charge in [0.2, 0.25) is 5.91 Å². The van der Waals surface area contributed by atoms with Gasteiger partial charge in [-0.1, -0.05) is 6.42 Å². The molecule has 0 bridgehead atoms. The van der Waals surface area contributed by atoms with Crippen molar-refractivity contribution in [2.24, 2.45) is 17.8 Å². The summed E-state index contributed by atoms with van der Waals surface area (Å²) < 4.78 is 0. The van der Waals surface area contributed by atoms with Crippen LogP contribution in [0.3, 0.4) is 0 Å². The van der Waals surface area contributed by atoms with Crippen molar-refractivity contribution in [2.45, 2.75) is 51.5 Å². The third-order valence-corrected chi connectivity index (χ3v) is 4.98. The van der Waals surface area contributed by atoms with Crippen LogP contribution < -0.4 is 5.32 Å². The van der Waals surface area contributed by atoms with E-state index in [0.717, 1.165) is 31.2 Å². The van der Waals surface area contributed by atoms with Crippen LogP contribution in [0.15, 0.2) is 0 Å². The number of fused-ring (bicyclic) bond motifs is 1. The second-order valence-electron chi connectivity index (χ2n) is 6.70. The van der Waals surface area contributed by atoms with Crippen molar-refractivity contribution in [3.63, 3.8) is 0 Å². The Kier molecular flexibility index (Phi) is 3.60. The lowest BCUT2D eigenvalue weighted by molar-refractivity contribution is -0.125. The lowest BCUT2D eigenvalue weighted by atomic mass is 10.0. The van der Waals surface area contributed by atoms with Gasteiger partial charge in [0, 0.05) is 18.5 Å². The van der Waals surface area contributed by atoms with Crippen LogP contribution in [0.5, 0.6) is 0 Å². The van der Waals surface area contributed by atoms with E-state index in [1.807, 2.05) is 0 Å². The summed E-state index contributed by atoms with van der Waals surface area (Å²) in [5.41, 5.74) is 0. The Bertz CT molecular complexity index is 302. The molecule has 102 valence electrons. The molecule has 3 unspecified atom stereocenters. The highest BCUT2D eigenvalue weighted by molar-refractivity contribution is 5.79. The highest BCUT2D eigenvalue weighted by atomic mass is 16.1. The molecule has 1 aliphatic heterocycles. The van der Waals surface area contributed by atoms with Crippen molar-refractivity contribution in [3.05, 3.63) is 0 Å². The normalized spacial score (nSPS) is 37.1. The number of nitrogens with zero attached hydrogens (tertiary/aromatic N) is 1. The lowest BCUT2D eigenvalue weighted by Crippen LogP contribution is -2.45. The quantitative estimate of drug-likeness (QED) is 0.828. The Labute approximate surface area is 110 Å². The number of hydrogen-bond acceptors (Lipinski definition) is 2. The number of likely N-dealkylation sites (tertiary alicyclic amines) is 1. The molecule has 3 nitrogen and oxygen atoms in total. The summed E-state index contributed by atoms with van der Waals surface area (Å²) in [6, 6.07) is 0.313. The smallest absolute Gasteiger partial charge is 0.223 e. The van der Waals surface area contributed by atoms with Crippen LogP contribution in [-0.2, 0) is 4.79 Å². The Morgan fingerprint density at radius 2 is 1.83 bits per heavy atom. The van der Waals surface area contributed by atoms with Gasteiger partial charge in [0.1, 0.15) is 0 Å². The van der Waals surface area contributed by atoms with Crippen LogP contribution >= 0.6 is 0 Å². The first-order chi connectivity index (χ1) is 8.72. The molecule has 0 spiro atoms. The van der Waals surface area contributed by atoms with Gasteiger partial charge in [-0.2, -0.15) is 0 Å². The van der Waals surface area contributed by atoms with E-state index in [9.17, 15) is 4.79 Å². The van der Waals surface area contributed by atoms with Gasteiger partial charge in [-0.25, -0.2) is 0 Å². The topological polar surface area (TPSA) is 32.3 Å². The second kappa shape index (κ2) is 5.20. The van der Waals surface area contributed by atoms with E-state index in [1.54, 1.807) is 0 Å². The molecule has 1 N–H and O–H groups in total. The molecule has 0 radical (unpaired) electrons. The summed E-state index contributed by atoms with van der Waals surface area (Å²) in [5, 5.41) is 3.23. The van der Waals surface area contributed by atoms with Gasteiger partial charge in [-0.3, -0.25) is 4.79 Å². The van der Waals surface area contributed by atoms with Gasteiger partial charge in [0.05, 0.1) is 0 Å². The highest BCUT2D eigenvalue weighted by Gasteiger charge is 2.48. The number of nitrogens with one attached hydrogen (secondary N) is 1. The van der Waals surface area contributed by atoms with E-state index in [0.29, 0.717) is 17.9 Å². The molecule has 3 rings (SSSR count). The van der Waals surface area contributed by atoms with Crippen LogP contribution in [-0.4, -0.2) is 36.5 Å². The fourth-order valence-electron chi connectivity index (χ4n) is 3.86. The maximum atomic E-state index is 12.1. The predicted molar refractivity (Wildman–Crippen MR) is 72.2 cm³/mol. The molecule has 1 heterocycles. The zero-order chi connectivity index (χ0) is 12.5.